The van der Waals surface area contributed by atoms with E-state index in [1.54, 1.807) is 25.3 Å². The van der Waals surface area contributed by atoms with Crippen LogP contribution in [0.4, 0.5) is 5.82 Å². The molecule has 2 rings (SSSR count). The van der Waals surface area contributed by atoms with Crippen molar-refractivity contribution >= 4 is 15.8 Å². The Morgan fingerprint density at radius 2 is 2.26 bits per heavy atom. The van der Waals surface area contributed by atoms with Gasteiger partial charge in [0.15, 0.2) is 0 Å². The van der Waals surface area contributed by atoms with Gasteiger partial charge in [0.1, 0.15) is 11.6 Å². The van der Waals surface area contributed by atoms with E-state index in [-0.39, 0.29) is 16.8 Å². The summed E-state index contributed by atoms with van der Waals surface area (Å²) in [6.45, 7) is 1.77. The fourth-order valence-corrected chi connectivity index (χ4v) is 2.97. The number of rotatable bonds is 5. The predicted octanol–water partition coefficient (Wildman–Crippen LogP) is 1.17. The Kier molecular flexibility index (Phi) is 3.87. The zero-order valence-electron chi connectivity index (χ0n) is 10.4. The molecule has 1 atom stereocenters. The van der Waals surface area contributed by atoms with E-state index in [2.05, 4.69) is 9.71 Å². The predicted molar refractivity (Wildman–Crippen MR) is 70.8 cm³/mol. The standard InChI is InChI=1S/C12H15N3O3S/c1-9(7-10-3-2-6-18-10)15-19(16,17)11-4-5-14-12(13)8-11/h2-6,8-9,15H,7H2,1H3,(H2,13,14). The maximum absolute atomic E-state index is 12.1. The second-order valence-electron chi connectivity index (χ2n) is 4.22. The van der Waals surface area contributed by atoms with Gasteiger partial charge in [-0.1, -0.05) is 0 Å². The Labute approximate surface area is 111 Å². The number of furan rings is 1. The van der Waals surface area contributed by atoms with Crippen molar-refractivity contribution in [3.05, 3.63) is 42.5 Å². The van der Waals surface area contributed by atoms with E-state index in [9.17, 15) is 8.42 Å². The molecule has 102 valence electrons. The quantitative estimate of drug-likeness (QED) is 0.857. The molecule has 0 saturated carbocycles. The molecule has 3 N–H and O–H groups in total. The van der Waals surface area contributed by atoms with Crippen molar-refractivity contribution in [2.75, 3.05) is 5.73 Å². The van der Waals surface area contributed by atoms with Gasteiger partial charge in [0, 0.05) is 24.7 Å². The molecular weight excluding hydrogens is 266 g/mol. The van der Waals surface area contributed by atoms with Crippen LogP contribution in [0.25, 0.3) is 0 Å². The lowest BCUT2D eigenvalue weighted by Gasteiger charge is -2.13. The first kappa shape index (κ1) is 13.6. The van der Waals surface area contributed by atoms with Gasteiger partial charge in [-0.25, -0.2) is 18.1 Å². The van der Waals surface area contributed by atoms with Crippen LogP contribution in [0.5, 0.6) is 0 Å². The van der Waals surface area contributed by atoms with E-state index in [1.165, 1.54) is 18.3 Å². The van der Waals surface area contributed by atoms with Crippen molar-refractivity contribution in [1.29, 1.82) is 0 Å². The highest BCUT2D eigenvalue weighted by molar-refractivity contribution is 7.89. The Morgan fingerprint density at radius 1 is 1.47 bits per heavy atom. The summed E-state index contributed by atoms with van der Waals surface area (Å²) in [6, 6.07) is 6.00. The summed E-state index contributed by atoms with van der Waals surface area (Å²) < 4.78 is 31.9. The highest BCUT2D eigenvalue weighted by Crippen LogP contribution is 2.12. The van der Waals surface area contributed by atoms with Crippen molar-refractivity contribution in [2.24, 2.45) is 0 Å². The molecule has 0 spiro atoms. The Hall–Kier alpha value is -1.86. The number of pyridine rings is 1. The third kappa shape index (κ3) is 3.55. The number of hydrogen-bond donors (Lipinski definition) is 2. The number of hydrogen-bond acceptors (Lipinski definition) is 5. The van der Waals surface area contributed by atoms with Crippen LogP contribution in [0.1, 0.15) is 12.7 Å². The van der Waals surface area contributed by atoms with Gasteiger partial charge >= 0.3 is 0 Å². The fraction of sp³-hybridized carbons (Fsp3) is 0.250. The van der Waals surface area contributed by atoms with Gasteiger partial charge in [0.25, 0.3) is 0 Å². The molecule has 0 aromatic carbocycles. The summed E-state index contributed by atoms with van der Waals surface area (Å²) in [7, 11) is -3.60. The SMILES string of the molecule is CC(Cc1ccco1)NS(=O)(=O)c1ccnc(N)c1. The zero-order valence-corrected chi connectivity index (χ0v) is 11.2. The molecule has 0 amide bonds. The van der Waals surface area contributed by atoms with E-state index in [1.807, 2.05) is 0 Å². The molecule has 19 heavy (non-hydrogen) atoms. The molecule has 2 aromatic rings. The minimum Gasteiger partial charge on any atom is -0.469 e. The number of aromatic nitrogens is 1. The van der Waals surface area contributed by atoms with Crippen molar-refractivity contribution in [2.45, 2.75) is 24.3 Å². The maximum atomic E-state index is 12.1. The van der Waals surface area contributed by atoms with Crippen molar-refractivity contribution in [3.8, 4) is 0 Å². The molecule has 0 radical (unpaired) electrons. The third-order valence-electron chi connectivity index (χ3n) is 2.51. The Balaban J connectivity index is 2.09. The number of anilines is 1. The average Bonchev–Trinajstić information content (AvgIpc) is 2.81. The lowest BCUT2D eigenvalue weighted by Crippen LogP contribution is -2.34. The highest BCUT2D eigenvalue weighted by atomic mass is 32.2. The second-order valence-corrected chi connectivity index (χ2v) is 5.94. The molecule has 6 nitrogen and oxygen atoms in total. The maximum Gasteiger partial charge on any atom is 0.241 e. The van der Waals surface area contributed by atoms with Gasteiger partial charge in [-0.3, -0.25) is 0 Å². The largest absolute Gasteiger partial charge is 0.469 e. The van der Waals surface area contributed by atoms with E-state index in [0.717, 1.165) is 5.76 Å². The van der Waals surface area contributed by atoms with Gasteiger partial charge in [0.05, 0.1) is 11.2 Å². The number of nitrogens with two attached hydrogens (primary N) is 1. The lowest BCUT2D eigenvalue weighted by atomic mass is 10.2. The smallest absolute Gasteiger partial charge is 0.241 e. The average molecular weight is 281 g/mol. The monoisotopic (exact) mass is 281 g/mol. The normalized spacial score (nSPS) is 13.3. The van der Waals surface area contributed by atoms with Crippen molar-refractivity contribution in [3.63, 3.8) is 0 Å². The molecule has 0 saturated heterocycles. The minimum atomic E-state index is -3.60. The van der Waals surface area contributed by atoms with Crippen LogP contribution in [0.2, 0.25) is 0 Å². The van der Waals surface area contributed by atoms with Crippen LogP contribution in [-0.2, 0) is 16.4 Å². The summed E-state index contributed by atoms with van der Waals surface area (Å²) in [6.07, 6.45) is 3.40. The first-order valence-corrected chi connectivity index (χ1v) is 7.22. The van der Waals surface area contributed by atoms with E-state index in [0.29, 0.717) is 6.42 Å². The number of nitrogen functional groups attached to an aromatic ring is 1. The summed E-state index contributed by atoms with van der Waals surface area (Å²) in [5.74, 6) is 0.894. The molecule has 0 aliphatic heterocycles. The minimum absolute atomic E-state index is 0.103. The first-order valence-electron chi connectivity index (χ1n) is 5.73. The third-order valence-corrected chi connectivity index (χ3v) is 4.09. The van der Waals surface area contributed by atoms with Gasteiger partial charge in [-0.05, 0) is 25.1 Å². The Bertz CT molecular complexity index is 638. The molecular formula is C12H15N3O3S. The van der Waals surface area contributed by atoms with Crippen LogP contribution in [0.15, 0.2) is 46.0 Å². The molecule has 7 heteroatoms. The molecule has 0 aliphatic rings. The number of sulfonamides is 1. The molecule has 1 unspecified atom stereocenters. The summed E-state index contributed by atoms with van der Waals surface area (Å²) in [4.78, 5) is 3.87. The molecule has 0 aliphatic carbocycles. The topological polar surface area (TPSA) is 98.2 Å². The zero-order chi connectivity index (χ0) is 13.9. The second kappa shape index (κ2) is 5.41. The summed E-state index contributed by atoms with van der Waals surface area (Å²) >= 11 is 0. The summed E-state index contributed by atoms with van der Waals surface area (Å²) in [5, 5.41) is 0. The highest BCUT2D eigenvalue weighted by Gasteiger charge is 2.18. The van der Waals surface area contributed by atoms with Crippen LogP contribution < -0.4 is 10.5 Å². The van der Waals surface area contributed by atoms with Crippen LogP contribution in [0.3, 0.4) is 0 Å². The fourth-order valence-electron chi connectivity index (χ4n) is 1.70. The van der Waals surface area contributed by atoms with Gasteiger partial charge < -0.3 is 10.2 Å². The summed E-state index contributed by atoms with van der Waals surface area (Å²) in [5.41, 5.74) is 5.48. The van der Waals surface area contributed by atoms with E-state index >= 15 is 0 Å². The lowest BCUT2D eigenvalue weighted by molar-refractivity contribution is 0.479. The van der Waals surface area contributed by atoms with Crippen molar-refractivity contribution < 1.29 is 12.8 Å². The number of nitrogens with zero attached hydrogens (tertiary/aromatic N) is 1. The van der Waals surface area contributed by atoms with Crippen LogP contribution in [-0.4, -0.2) is 19.4 Å². The first-order chi connectivity index (χ1) is 8.97. The van der Waals surface area contributed by atoms with E-state index in [4.69, 9.17) is 10.2 Å². The van der Waals surface area contributed by atoms with Crippen LogP contribution >= 0.6 is 0 Å². The van der Waals surface area contributed by atoms with E-state index < -0.39 is 10.0 Å². The molecule has 2 heterocycles. The van der Waals surface area contributed by atoms with Crippen LogP contribution in [0, 0.1) is 0 Å². The number of nitrogens with one attached hydrogen (secondary N) is 1. The van der Waals surface area contributed by atoms with Gasteiger partial charge in [-0.2, -0.15) is 0 Å². The van der Waals surface area contributed by atoms with Crippen molar-refractivity contribution in [1.82, 2.24) is 9.71 Å². The Morgan fingerprint density at radius 3 is 2.89 bits per heavy atom. The molecule has 0 bridgehead atoms. The molecule has 0 fully saturated rings. The van der Waals surface area contributed by atoms with Gasteiger partial charge in [-0.15, -0.1) is 0 Å². The van der Waals surface area contributed by atoms with Gasteiger partial charge in [0.2, 0.25) is 10.0 Å². The molecule has 2 aromatic heterocycles.